The molecule has 0 unspecified atom stereocenters. The number of anilines is 2. The predicted molar refractivity (Wildman–Crippen MR) is 121 cm³/mol. The Balaban J connectivity index is 1.93. The maximum absolute atomic E-state index is 12.4. The van der Waals surface area contributed by atoms with Crippen LogP contribution in [0.2, 0.25) is 5.15 Å². The van der Waals surface area contributed by atoms with Crippen molar-refractivity contribution in [2.45, 2.75) is 17.9 Å². The summed E-state index contributed by atoms with van der Waals surface area (Å²) < 4.78 is 26.3. The third kappa shape index (κ3) is 3.81. The van der Waals surface area contributed by atoms with Crippen LogP contribution >= 0.6 is 11.6 Å². The molecule has 0 amide bonds. The van der Waals surface area contributed by atoms with Crippen LogP contribution in [0.25, 0.3) is 21.7 Å². The summed E-state index contributed by atoms with van der Waals surface area (Å²) in [5, 5.41) is 8.04. The molecule has 12 heteroatoms. The minimum atomic E-state index is -3.54. The highest BCUT2D eigenvalue weighted by atomic mass is 35.5. The fraction of sp³-hybridized carbons (Fsp3) is 0.150. The van der Waals surface area contributed by atoms with Gasteiger partial charge in [0.1, 0.15) is 18.0 Å². The van der Waals surface area contributed by atoms with E-state index in [0.29, 0.717) is 22.5 Å². The standard InChI is InChI=1S/C20H17ClN8O2S/c1-11(27-20-18(23-2)19(22)25-10-26-20)13-8-16-24-9-15(21)29(16)28-17(13)12-6-4-5-7-14(12)32(3,30)31/h4-11H,1,3H3,(H3,22,25,26,27)/t11-/m0/s1. The van der Waals surface area contributed by atoms with E-state index in [2.05, 4.69) is 30.2 Å². The molecule has 0 fully saturated rings. The van der Waals surface area contributed by atoms with Crippen molar-refractivity contribution in [1.82, 2.24) is 24.6 Å². The Morgan fingerprint density at radius 1 is 1.25 bits per heavy atom. The Bertz CT molecular complexity index is 1490. The van der Waals surface area contributed by atoms with E-state index >= 15 is 0 Å². The molecule has 4 aromatic rings. The zero-order chi connectivity index (χ0) is 23.0. The van der Waals surface area contributed by atoms with Crippen LogP contribution in [-0.2, 0) is 9.84 Å². The number of aromatic nitrogens is 5. The molecule has 162 valence electrons. The molecule has 0 saturated carbocycles. The lowest BCUT2D eigenvalue weighted by Crippen LogP contribution is -2.13. The van der Waals surface area contributed by atoms with E-state index < -0.39 is 15.9 Å². The Morgan fingerprint density at radius 3 is 2.72 bits per heavy atom. The number of sulfone groups is 1. The normalized spacial score (nSPS) is 12.4. The predicted octanol–water partition coefficient (Wildman–Crippen LogP) is 3.55. The van der Waals surface area contributed by atoms with Crippen molar-refractivity contribution >= 4 is 44.4 Å². The molecule has 3 heterocycles. The van der Waals surface area contributed by atoms with Crippen molar-refractivity contribution in [2.75, 3.05) is 17.3 Å². The smallest absolute Gasteiger partial charge is 0.268 e. The lowest BCUT2D eigenvalue weighted by atomic mass is 10.0. The van der Waals surface area contributed by atoms with E-state index in [9.17, 15) is 8.42 Å². The Morgan fingerprint density at radius 2 is 2.00 bits per heavy atom. The van der Waals surface area contributed by atoms with Crippen LogP contribution in [0.5, 0.6) is 0 Å². The first-order chi connectivity index (χ1) is 15.2. The molecule has 1 atom stereocenters. The fourth-order valence-corrected chi connectivity index (χ4v) is 4.38. The second-order valence-corrected chi connectivity index (χ2v) is 9.37. The van der Waals surface area contributed by atoms with Gasteiger partial charge in [0.2, 0.25) is 0 Å². The van der Waals surface area contributed by atoms with E-state index in [1.807, 2.05) is 6.92 Å². The molecular formula is C20H17ClN8O2S. The number of fused-ring (bicyclic) bond motifs is 1. The molecule has 0 radical (unpaired) electrons. The summed E-state index contributed by atoms with van der Waals surface area (Å²) in [4.78, 5) is 15.8. The highest BCUT2D eigenvalue weighted by Gasteiger charge is 2.23. The van der Waals surface area contributed by atoms with Crippen LogP contribution in [0, 0.1) is 6.57 Å². The van der Waals surface area contributed by atoms with Gasteiger partial charge in [0.05, 0.1) is 29.4 Å². The van der Waals surface area contributed by atoms with Crippen LogP contribution in [0.4, 0.5) is 17.3 Å². The largest absolute Gasteiger partial charge is 0.392 e. The fourth-order valence-electron chi connectivity index (χ4n) is 3.32. The highest BCUT2D eigenvalue weighted by molar-refractivity contribution is 7.90. The first-order valence-electron chi connectivity index (χ1n) is 9.28. The zero-order valence-electron chi connectivity index (χ0n) is 17.0. The van der Waals surface area contributed by atoms with Crippen LogP contribution in [-0.4, -0.2) is 39.2 Å². The molecule has 0 spiro atoms. The molecule has 0 aliphatic heterocycles. The van der Waals surface area contributed by atoms with E-state index in [-0.39, 0.29) is 27.4 Å². The number of nitrogens with zero attached hydrogens (tertiary/aromatic N) is 6. The third-order valence-corrected chi connectivity index (χ3v) is 6.22. The molecule has 0 aliphatic carbocycles. The number of benzene rings is 1. The van der Waals surface area contributed by atoms with Gasteiger partial charge in [0.25, 0.3) is 5.69 Å². The molecule has 3 N–H and O–H groups in total. The van der Waals surface area contributed by atoms with Gasteiger partial charge in [-0.15, -0.1) is 0 Å². The van der Waals surface area contributed by atoms with E-state index in [4.69, 9.17) is 23.9 Å². The Labute approximate surface area is 188 Å². The first kappa shape index (κ1) is 21.5. The van der Waals surface area contributed by atoms with Gasteiger partial charge >= 0.3 is 0 Å². The molecule has 4 rings (SSSR count). The number of nitrogen functional groups attached to an aromatic ring is 1. The van der Waals surface area contributed by atoms with Crippen molar-refractivity contribution in [3.05, 3.63) is 65.0 Å². The van der Waals surface area contributed by atoms with Gasteiger partial charge in [0, 0.05) is 17.4 Å². The van der Waals surface area contributed by atoms with Gasteiger partial charge in [-0.3, -0.25) is 0 Å². The maximum Gasteiger partial charge on any atom is 0.268 e. The summed E-state index contributed by atoms with van der Waals surface area (Å²) in [6.07, 6.45) is 3.86. The Hall–Kier alpha value is -3.75. The number of halogens is 1. The van der Waals surface area contributed by atoms with E-state index in [0.717, 1.165) is 6.26 Å². The van der Waals surface area contributed by atoms with Gasteiger partial charge in [-0.1, -0.05) is 29.8 Å². The summed E-state index contributed by atoms with van der Waals surface area (Å²) in [7, 11) is -3.54. The number of nitrogens with one attached hydrogen (secondary N) is 1. The number of hydrogen-bond acceptors (Lipinski definition) is 8. The third-order valence-electron chi connectivity index (χ3n) is 4.80. The number of nitrogens with two attached hydrogens (primary N) is 1. The molecule has 1 aromatic carbocycles. The maximum atomic E-state index is 12.4. The molecule has 0 saturated heterocycles. The minimum absolute atomic E-state index is 0.0564. The monoisotopic (exact) mass is 468 g/mol. The van der Waals surface area contributed by atoms with Gasteiger partial charge in [0.15, 0.2) is 20.6 Å². The number of hydrogen-bond donors (Lipinski definition) is 2. The molecule has 0 aliphatic rings. The first-order valence-corrected chi connectivity index (χ1v) is 11.6. The van der Waals surface area contributed by atoms with E-state index in [1.165, 1.54) is 23.1 Å². The average Bonchev–Trinajstić information content (AvgIpc) is 3.12. The summed E-state index contributed by atoms with van der Waals surface area (Å²) >= 11 is 6.22. The zero-order valence-corrected chi connectivity index (χ0v) is 18.6. The number of imidazole rings is 1. The summed E-state index contributed by atoms with van der Waals surface area (Å²) in [6, 6.07) is 7.88. The van der Waals surface area contributed by atoms with Gasteiger partial charge < -0.3 is 11.1 Å². The molecule has 10 nitrogen and oxygen atoms in total. The molecular weight excluding hydrogens is 452 g/mol. The summed E-state index contributed by atoms with van der Waals surface area (Å²) in [6.45, 7) is 9.21. The van der Waals surface area contributed by atoms with E-state index in [1.54, 1.807) is 24.3 Å². The Kier molecular flexibility index (Phi) is 5.41. The van der Waals surface area contributed by atoms with Gasteiger partial charge in [-0.05, 0) is 19.1 Å². The van der Waals surface area contributed by atoms with Gasteiger partial charge in [-0.2, -0.15) is 5.10 Å². The SMILES string of the molecule is [C-]#[N+]c1c(N)ncnc1N[C@@H](C)c1cc2ncc(Cl)n2nc1-c1ccccc1S(C)(=O)=O. The van der Waals surface area contributed by atoms with Crippen molar-refractivity contribution in [3.8, 4) is 11.3 Å². The van der Waals surface area contributed by atoms with Crippen molar-refractivity contribution in [2.24, 2.45) is 0 Å². The van der Waals surface area contributed by atoms with Crippen molar-refractivity contribution in [1.29, 1.82) is 0 Å². The summed E-state index contributed by atoms with van der Waals surface area (Å²) in [5.74, 6) is 0.310. The lowest BCUT2D eigenvalue weighted by Gasteiger charge is -2.20. The van der Waals surface area contributed by atoms with Crippen molar-refractivity contribution in [3.63, 3.8) is 0 Å². The lowest BCUT2D eigenvalue weighted by molar-refractivity contribution is 0.602. The highest BCUT2D eigenvalue weighted by Crippen LogP contribution is 2.35. The number of rotatable bonds is 5. The molecule has 0 bridgehead atoms. The summed E-state index contributed by atoms with van der Waals surface area (Å²) in [5.41, 5.74) is 7.81. The van der Waals surface area contributed by atoms with Crippen LogP contribution in [0.1, 0.15) is 18.5 Å². The average molecular weight is 469 g/mol. The molecule has 32 heavy (non-hydrogen) atoms. The van der Waals surface area contributed by atoms with Crippen LogP contribution < -0.4 is 11.1 Å². The van der Waals surface area contributed by atoms with Crippen molar-refractivity contribution < 1.29 is 8.42 Å². The second-order valence-electron chi connectivity index (χ2n) is 7.00. The topological polar surface area (TPSA) is 133 Å². The minimum Gasteiger partial charge on any atom is -0.392 e. The van der Waals surface area contributed by atoms with Crippen LogP contribution in [0.3, 0.4) is 0 Å². The molecule has 3 aromatic heterocycles. The quantitative estimate of drug-likeness (QED) is 0.425. The second kappa shape index (κ2) is 8.07. The van der Waals surface area contributed by atoms with Gasteiger partial charge in [-0.25, -0.2) is 32.7 Å². The van der Waals surface area contributed by atoms with Crippen LogP contribution in [0.15, 0.2) is 47.8 Å².